The molecule has 0 aliphatic heterocycles. The number of aromatic nitrogens is 1. The lowest BCUT2D eigenvalue weighted by atomic mass is 10.1. The topological polar surface area (TPSA) is 30.0 Å². The quantitative estimate of drug-likeness (QED) is 0.803. The van der Waals surface area contributed by atoms with Crippen molar-refractivity contribution in [3.63, 3.8) is 0 Å². The third-order valence-electron chi connectivity index (χ3n) is 1.93. The lowest BCUT2D eigenvalue weighted by molar-refractivity contribution is -0.137. The van der Waals surface area contributed by atoms with Gasteiger partial charge in [0.05, 0.1) is 6.42 Å². The molecule has 0 aliphatic carbocycles. The molecule has 1 aromatic heterocycles. The van der Waals surface area contributed by atoms with Crippen LogP contribution in [0.15, 0.2) is 5.38 Å². The van der Waals surface area contributed by atoms with E-state index in [0.717, 1.165) is 5.69 Å². The fourth-order valence-electron chi connectivity index (χ4n) is 1.23. The summed E-state index contributed by atoms with van der Waals surface area (Å²) in [5, 5.41) is 2.49. The van der Waals surface area contributed by atoms with Crippen LogP contribution in [0.2, 0.25) is 0 Å². The maximum atomic E-state index is 11.8. The van der Waals surface area contributed by atoms with Crippen LogP contribution >= 0.6 is 11.3 Å². The third-order valence-corrected chi connectivity index (χ3v) is 2.90. The molecular weight excluding hydrogens is 239 g/mol. The lowest BCUT2D eigenvalue weighted by Gasteiger charge is -2.04. The summed E-state index contributed by atoms with van der Waals surface area (Å²) in [7, 11) is 0. The van der Waals surface area contributed by atoms with Gasteiger partial charge in [-0.25, -0.2) is 4.98 Å². The molecule has 0 bridgehead atoms. The number of Topliss-reactive ketones (excluding diaryl/α,β-unsaturated/α-hetero) is 1. The molecule has 0 aromatic carbocycles. The van der Waals surface area contributed by atoms with Gasteiger partial charge in [-0.2, -0.15) is 13.2 Å². The maximum absolute atomic E-state index is 11.8. The Morgan fingerprint density at radius 1 is 1.50 bits per heavy atom. The second kappa shape index (κ2) is 5.43. The van der Waals surface area contributed by atoms with Crippen LogP contribution in [-0.2, 0) is 11.2 Å². The van der Waals surface area contributed by atoms with E-state index in [1.54, 1.807) is 0 Å². The minimum Gasteiger partial charge on any atom is -0.299 e. The van der Waals surface area contributed by atoms with Gasteiger partial charge in [-0.3, -0.25) is 4.79 Å². The summed E-state index contributed by atoms with van der Waals surface area (Å²) in [6, 6.07) is 0. The van der Waals surface area contributed by atoms with E-state index in [1.165, 1.54) is 11.3 Å². The molecule has 2 nitrogen and oxygen atoms in total. The minimum atomic E-state index is -4.17. The molecule has 0 atom stereocenters. The first-order valence-corrected chi connectivity index (χ1v) is 5.74. The molecule has 6 heteroatoms. The summed E-state index contributed by atoms with van der Waals surface area (Å²) < 4.78 is 35.4. The molecule has 90 valence electrons. The molecule has 0 saturated heterocycles. The van der Waals surface area contributed by atoms with Gasteiger partial charge in [0, 0.05) is 23.9 Å². The van der Waals surface area contributed by atoms with Crippen LogP contribution < -0.4 is 0 Å². The molecule has 0 N–H and O–H groups in total. The second-order valence-corrected chi connectivity index (χ2v) is 4.51. The zero-order valence-corrected chi connectivity index (χ0v) is 9.62. The third kappa shape index (κ3) is 5.25. The van der Waals surface area contributed by atoms with Crippen molar-refractivity contribution in [2.24, 2.45) is 0 Å². The number of carbonyl (C=O) groups excluding carboxylic acids is 1. The van der Waals surface area contributed by atoms with Crippen LogP contribution in [0.1, 0.15) is 30.0 Å². The van der Waals surface area contributed by atoms with Crippen molar-refractivity contribution in [3.8, 4) is 0 Å². The zero-order chi connectivity index (χ0) is 12.2. The Labute approximate surface area is 95.5 Å². The molecule has 1 rings (SSSR count). The number of hydrogen-bond donors (Lipinski definition) is 0. The van der Waals surface area contributed by atoms with Gasteiger partial charge in [-0.1, -0.05) is 0 Å². The van der Waals surface area contributed by atoms with Crippen LogP contribution in [0.5, 0.6) is 0 Å². The predicted molar refractivity (Wildman–Crippen MR) is 55.5 cm³/mol. The monoisotopic (exact) mass is 251 g/mol. The van der Waals surface area contributed by atoms with E-state index < -0.39 is 12.6 Å². The average molecular weight is 251 g/mol. The molecule has 0 aliphatic rings. The summed E-state index contributed by atoms with van der Waals surface area (Å²) in [6.07, 6.45) is -5.07. The number of aryl methyl sites for hydroxylation is 1. The standard InChI is InChI=1S/C10H12F3NOS/c1-7-6-16-9(14-7)5-8(15)3-2-4-10(11,12)13/h6H,2-5H2,1H3. The highest BCUT2D eigenvalue weighted by molar-refractivity contribution is 7.09. The van der Waals surface area contributed by atoms with Crippen LogP contribution in [0.25, 0.3) is 0 Å². The normalized spacial score (nSPS) is 11.8. The zero-order valence-electron chi connectivity index (χ0n) is 8.80. The molecule has 16 heavy (non-hydrogen) atoms. The molecule has 0 saturated carbocycles. The number of thiazole rings is 1. The van der Waals surface area contributed by atoms with E-state index in [1.807, 2.05) is 12.3 Å². The second-order valence-electron chi connectivity index (χ2n) is 3.57. The Balaban J connectivity index is 2.26. The number of alkyl halides is 3. The Bertz CT molecular complexity index is 359. The first kappa shape index (κ1) is 13.2. The Kier molecular flexibility index (Phi) is 4.46. The largest absolute Gasteiger partial charge is 0.389 e. The highest BCUT2D eigenvalue weighted by atomic mass is 32.1. The summed E-state index contributed by atoms with van der Waals surface area (Å²) in [5.74, 6) is -0.182. The number of rotatable bonds is 5. The predicted octanol–water partition coefficient (Wildman–Crippen LogP) is 3.30. The van der Waals surface area contributed by atoms with Gasteiger partial charge in [-0.05, 0) is 13.3 Å². The minimum absolute atomic E-state index is 0.0296. The van der Waals surface area contributed by atoms with Gasteiger partial charge in [0.15, 0.2) is 0 Å². The number of halogens is 3. The fourth-order valence-corrected chi connectivity index (χ4v) is 2.03. The van der Waals surface area contributed by atoms with Crippen molar-refractivity contribution in [3.05, 3.63) is 16.1 Å². The molecule has 1 aromatic rings. The summed E-state index contributed by atoms with van der Waals surface area (Å²) >= 11 is 1.36. The lowest BCUT2D eigenvalue weighted by Crippen LogP contribution is -2.09. The van der Waals surface area contributed by atoms with E-state index in [2.05, 4.69) is 4.98 Å². The van der Waals surface area contributed by atoms with E-state index in [4.69, 9.17) is 0 Å². The van der Waals surface area contributed by atoms with Crippen LogP contribution in [0.3, 0.4) is 0 Å². The van der Waals surface area contributed by atoms with Crippen molar-refractivity contribution in [2.75, 3.05) is 0 Å². The highest BCUT2D eigenvalue weighted by Gasteiger charge is 2.26. The van der Waals surface area contributed by atoms with Crippen molar-refractivity contribution in [1.82, 2.24) is 4.98 Å². The maximum Gasteiger partial charge on any atom is 0.389 e. The smallest absolute Gasteiger partial charge is 0.299 e. The van der Waals surface area contributed by atoms with Crippen LogP contribution in [0.4, 0.5) is 13.2 Å². The van der Waals surface area contributed by atoms with Gasteiger partial charge in [0.25, 0.3) is 0 Å². The average Bonchev–Trinajstić information content (AvgIpc) is 2.48. The van der Waals surface area contributed by atoms with Gasteiger partial charge in [0.2, 0.25) is 0 Å². The van der Waals surface area contributed by atoms with Gasteiger partial charge < -0.3 is 0 Å². The van der Waals surface area contributed by atoms with Crippen molar-refractivity contribution < 1.29 is 18.0 Å². The van der Waals surface area contributed by atoms with Crippen LogP contribution in [-0.4, -0.2) is 16.9 Å². The molecule has 0 spiro atoms. The van der Waals surface area contributed by atoms with Gasteiger partial charge in [-0.15, -0.1) is 11.3 Å². The number of ketones is 1. The Hall–Kier alpha value is -0.910. The van der Waals surface area contributed by atoms with Crippen LogP contribution in [0, 0.1) is 6.92 Å². The Morgan fingerprint density at radius 2 is 2.19 bits per heavy atom. The van der Waals surface area contributed by atoms with E-state index >= 15 is 0 Å². The summed E-state index contributed by atoms with van der Waals surface area (Å²) in [6.45, 7) is 1.81. The summed E-state index contributed by atoms with van der Waals surface area (Å²) in [4.78, 5) is 15.4. The molecule has 1 heterocycles. The number of nitrogens with zero attached hydrogens (tertiary/aromatic N) is 1. The first-order chi connectivity index (χ1) is 7.37. The van der Waals surface area contributed by atoms with Gasteiger partial charge >= 0.3 is 6.18 Å². The fraction of sp³-hybridized carbons (Fsp3) is 0.600. The molecule has 0 radical (unpaired) electrons. The first-order valence-electron chi connectivity index (χ1n) is 4.86. The van der Waals surface area contributed by atoms with E-state index in [9.17, 15) is 18.0 Å². The SMILES string of the molecule is Cc1csc(CC(=O)CCCC(F)(F)F)n1. The highest BCUT2D eigenvalue weighted by Crippen LogP contribution is 2.22. The van der Waals surface area contributed by atoms with Crippen molar-refractivity contribution in [1.29, 1.82) is 0 Å². The molecule has 0 amide bonds. The molecule has 0 fully saturated rings. The van der Waals surface area contributed by atoms with Gasteiger partial charge in [0.1, 0.15) is 10.8 Å². The molecular formula is C10H12F3NOS. The van der Waals surface area contributed by atoms with E-state index in [0.29, 0.717) is 5.01 Å². The number of hydrogen-bond acceptors (Lipinski definition) is 3. The molecule has 0 unspecified atom stereocenters. The van der Waals surface area contributed by atoms with Crippen molar-refractivity contribution >= 4 is 17.1 Å². The Morgan fingerprint density at radius 3 is 2.69 bits per heavy atom. The number of carbonyl (C=O) groups is 1. The summed E-state index contributed by atoms with van der Waals surface area (Å²) in [5.41, 5.74) is 0.836. The van der Waals surface area contributed by atoms with E-state index in [-0.39, 0.29) is 25.0 Å². The van der Waals surface area contributed by atoms with Crippen molar-refractivity contribution in [2.45, 2.75) is 38.8 Å².